The second kappa shape index (κ2) is 6.11. The lowest BCUT2D eigenvalue weighted by Crippen LogP contribution is -2.25. The summed E-state index contributed by atoms with van der Waals surface area (Å²) in [6, 6.07) is 2.20. The molecule has 4 heterocycles. The Balaban J connectivity index is 1.69. The molecule has 1 fully saturated rings. The van der Waals surface area contributed by atoms with E-state index in [0.717, 1.165) is 42.3 Å². The number of ether oxygens (including phenoxy) is 1. The summed E-state index contributed by atoms with van der Waals surface area (Å²) in [5.74, 6) is 1.52. The zero-order valence-electron chi connectivity index (χ0n) is 15.0. The standard InChI is InChI=1S/C17H23N7O/c1-5-12-8-14(24-17(20-12)18-9-19-24)21-13-6-7-25-16(13)15-10(2)22-23(4)11(15)3/h8-9,13,16,21H,5-7H2,1-4H3/t13-,16-/m1/s1. The number of aryl methyl sites for hydroxylation is 3. The molecule has 8 heteroatoms. The molecule has 8 nitrogen and oxygen atoms in total. The third-order valence-corrected chi connectivity index (χ3v) is 4.94. The Morgan fingerprint density at radius 3 is 2.92 bits per heavy atom. The summed E-state index contributed by atoms with van der Waals surface area (Å²) in [4.78, 5) is 8.73. The smallest absolute Gasteiger partial charge is 0.254 e. The van der Waals surface area contributed by atoms with Crippen LogP contribution in [-0.2, 0) is 18.2 Å². The molecule has 132 valence electrons. The average Bonchev–Trinajstić information content (AvgIpc) is 3.29. The van der Waals surface area contributed by atoms with Crippen molar-refractivity contribution in [2.75, 3.05) is 11.9 Å². The Hall–Kier alpha value is -2.48. The summed E-state index contributed by atoms with van der Waals surface area (Å²) >= 11 is 0. The Bertz CT molecular complexity index is 913. The van der Waals surface area contributed by atoms with E-state index in [-0.39, 0.29) is 12.1 Å². The van der Waals surface area contributed by atoms with Crippen molar-refractivity contribution < 1.29 is 4.74 Å². The van der Waals surface area contributed by atoms with Gasteiger partial charge < -0.3 is 10.1 Å². The zero-order valence-corrected chi connectivity index (χ0v) is 15.0. The van der Waals surface area contributed by atoms with Gasteiger partial charge in [0.25, 0.3) is 5.78 Å². The molecule has 3 aromatic rings. The second-order valence-electron chi connectivity index (χ2n) is 6.50. The summed E-state index contributed by atoms with van der Waals surface area (Å²) in [6.07, 6.45) is 3.29. The van der Waals surface area contributed by atoms with E-state index in [2.05, 4.69) is 39.3 Å². The van der Waals surface area contributed by atoms with Gasteiger partial charge in [-0.15, -0.1) is 0 Å². The molecular weight excluding hydrogens is 318 g/mol. The molecular formula is C17H23N7O. The van der Waals surface area contributed by atoms with Crippen LogP contribution in [0, 0.1) is 13.8 Å². The highest BCUT2D eigenvalue weighted by Gasteiger charge is 2.34. The van der Waals surface area contributed by atoms with Crippen LogP contribution in [0.1, 0.15) is 42.1 Å². The molecule has 0 aromatic carbocycles. The number of hydrogen-bond donors (Lipinski definition) is 1. The predicted octanol–water partition coefficient (Wildman–Crippen LogP) is 1.98. The van der Waals surface area contributed by atoms with Gasteiger partial charge in [-0.25, -0.2) is 4.98 Å². The first-order valence-corrected chi connectivity index (χ1v) is 8.66. The van der Waals surface area contributed by atoms with E-state index >= 15 is 0 Å². The fraction of sp³-hybridized carbons (Fsp3) is 0.529. The van der Waals surface area contributed by atoms with Crippen molar-refractivity contribution in [2.24, 2.45) is 7.05 Å². The van der Waals surface area contributed by atoms with Crippen molar-refractivity contribution >= 4 is 11.6 Å². The Kier molecular flexibility index (Phi) is 3.91. The molecule has 1 aliphatic rings. The fourth-order valence-corrected chi connectivity index (χ4v) is 3.56. The number of rotatable bonds is 4. The molecule has 0 unspecified atom stereocenters. The second-order valence-corrected chi connectivity index (χ2v) is 6.50. The maximum absolute atomic E-state index is 6.07. The normalized spacial score (nSPS) is 20.5. The van der Waals surface area contributed by atoms with E-state index in [9.17, 15) is 0 Å². The third-order valence-electron chi connectivity index (χ3n) is 4.94. The SMILES string of the molecule is CCc1cc(N[C@@H]2CCO[C@H]2c2c(C)nn(C)c2C)n2ncnc2n1. The number of hydrogen-bond acceptors (Lipinski definition) is 6. The number of fused-ring (bicyclic) bond motifs is 1. The van der Waals surface area contributed by atoms with Gasteiger partial charge in [-0.05, 0) is 26.7 Å². The Morgan fingerprint density at radius 1 is 1.36 bits per heavy atom. The molecule has 0 aliphatic carbocycles. The van der Waals surface area contributed by atoms with Crippen molar-refractivity contribution in [3.05, 3.63) is 35.0 Å². The number of anilines is 1. The first kappa shape index (κ1) is 16.0. The van der Waals surface area contributed by atoms with Crippen LogP contribution in [-0.4, -0.2) is 42.0 Å². The topological polar surface area (TPSA) is 82.2 Å². The lowest BCUT2D eigenvalue weighted by molar-refractivity contribution is 0.106. The first-order chi connectivity index (χ1) is 12.1. The summed E-state index contributed by atoms with van der Waals surface area (Å²) in [7, 11) is 1.97. The van der Waals surface area contributed by atoms with E-state index in [1.54, 1.807) is 4.52 Å². The molecule has 4 rings (SSSR count). The minimum atomic E-state index is -0.0227. The summed E-state index contributed by atoms with van der Waals surface area (Å²) in [5.41, 5.74) is 4.34. The highest BCUT2D eigenvalue weighted by atomic mass is 16.5. The molecule has 1 aliphatic heterocycles. The number of nitrogens with one attached hydrogen (secondary N) is 1. The minimum Gasteiger partial charge on any atom is -0.371 e. The average molecular weight is 341 g/mol. The number of aromatic nitrogens is 6. The lowest BCUT2D eigenvalue weighted by Gasteiger charge is -2.22. The van der Waals surface area contributed by atoms with Crippen LogP contribution >= 0.6 is 0 Å². The first-order valence-electron chi connectivity index (χ1n) is 8.66. The molecule has 0 amide bonds. The highest BCUT2D eigenvalue weighted by molar-refractivity contribution is 5.46. The molecule has 1 saturated heterocycles. The van der Waals surface area contributed by atoms with Crippen LogP contribution in [0.2, 0.25) is 0 Å². The molecule has 0 bridgehead atoms. The van der Waals surface area contributed by atoms with Crippen LogP contribution < -0.4 is 5.32 Å². The maximum atomic E-state index is 6.07. The molecule has 2 atom stereocenters. The van der Waals surface area contributed by atoms with E-state index in [4.69, 9.17) is 4.74 Å². The van der Waals surface area contributed by atoms with E-state index in [1.807, 2.05) is 24.7 Å². The van der Waals surface area contributed by atoms with Crippen LogP contribution in [0.3, 0.4) is 0 Å². The van der Waals surface area contributed by atoms with Crippen molar-refractivity contribution in [1.82, 2.24) is 29.4 Å². The van der Waals surface area contributed by atoms with Crippen LogP contribution in [0.25, 0.3) is 5.78 Å². The van der Waals surface area contributed by atoms with Gasteiger partial charge in [-0.3, -0.25) is 4.68 Å². The molecule has 3 aromatic heterocycles. The van der Waals surface area contributed by atoms with Crippen molar-refractivity contribution in [1.29, 1.82) is 0 Å². The highest BCUT2D eigenvalue weighted by Crippen LogP contribution is 2.35. The van der Waals surface area contributed by atoms with Gasteiger partial charge in [0, 0.05) is 36.7 Å². The summed E-state index contributed by atoms with van der Waals surface area (Å²) < 4.78 is 9.74. The molecule has 1 N–H and O–H groups in total. The number of nitrogens with zero attached hydrogens (tertiary/aromatic N) is 6. The van der Waals surface area contributed by atoms with E-state index in [1.165, 1.54) is 11.9 Å². The van der Waals surface area contributed by atoms with Gasteiger partial charge in [0.1, 0.15) is 18.2 Å². The fourth-order valence-electron chi connectivity index (χ4n) is 3.56. The lowest BCUT2D eigenvalue weighted by atomic mass is 10.0. The van der Waals surface area contributed by atoms with Gasteiger partial charge in [0.05, 0.1) is 11.7 Å². The Morgan fingerprint density at radius 2 is 2.20 bits per heavy atom. The van der Waals surface area contributed by atoms with Gasteiger partial charge >= 0.3 is 0 Å². The van der Waals surface area contributed by atoms with E-state index in [0.29, 0.717) is 5.78 Å². The third kappa shape index (κ3) is 2.66. The van der Waals surface area contributed by atoms with Gasteiger partial charge in [-0.2, -0.15) is 19.7 Å². The largest absolute Gasteiger partial charge is 0.371 e. The van der Waals surface area contributed by atoms with Crippen molar-refractivity contribution in [3.63, 3.8) is 0 Å². The van der Waals surface area contributed by atoms with Crippen LogP contribution in [0.4, 0.5) is 5.82 Å². The van der Waals surface area contributed by atoms with Gasteiger partial charge in [-0.1, -0.05) is 6.92 Å². The monoisotopic (exact) mass is 341 g/mol. The van der Waals surface area contributed by atoms with Crippen LogP contribution in [0.5, 0.6) is 0 Å². The zero-order chi connectivity index (χ0) is 17.6. The molecule has 0 spiro atoms. The minimum absolute atomic E-state index is 0.0227. The van der Waals surface area contributed by atoms with Gasteiger partial charge in [0.2, 0.25) is 0 Å². The van der Waals surface area contributed by atoms with E-state index < -0.39 is 0 Å². The summed E-state index contributed by atoms with van der Waals surface area (Å²) in [5, 5.41) is 12.4. The van der Waals surface area contributed by atoms with Crippen LogP contribution in [0.15, 0.2) is 12.4 Å². The van der Waals surface area contributed by atoms with Gasteiger partial charge in [0.15, 0.2) is 0 Å². The molecule has 0 saturated carbocycles. The molecule has 0 radical (unpaired) electrons. The Labute approximate surface area is 146 Å². The quantitative estimate of drug-likeness (QED) is 0.781. The molecule has 25 heavy (non-hydrogen) atoms. The van der Waals surface area contributed by atoms with Crippen molar-refractivity contribution in [2.45, 2.75) is 45.8 Å². The van der Waals surface area contributed by atoms with Crippen molar-refractivity contribution in [3.8, 4) is 0 Å². The summed E-state index contributed by atoms with van der Waals surface area (Å²) in [6.45, 7) is 6.94. The predicted molar refractivity (Wildman–Crippen MR) is 93.6 cm³/mol. The maximum Gasteiger partial charge on any atom is 0.254 e.